The highest BCUT2D eigenvalue weighted by atomic mass is 79.9. The fourth-order valence-electron chi connectivity index (χ4n) is 1.93. The van der Waals surface area contributed by atoms with Gasteiger partial charge in [0.15, 0.2) is 0 Å². The molecule has 2 nitrogen and oxygen atoms in total. The lowest BCUT2D eigenvalue weighted by atomic mass is 10.1. The van der Waals surface area contributed by atoms with E-state index in [1.165, 1.54) is 22.5 Å². The molecule has 1 aromatic carbocycles. The molecule has 2 N–H and O–H groups in total. The monoisotopic (exact) mass is 296 g/mol. The lowest BCUT2D eigenvalue weighted by molar-refractivity contribution is 0.590. The van der Waals surface area contributed by atoms with Gasteiger partial charge in [-0.1, -0.05) is 15.9 Å². The molecule has 2 aromatic rings. The summed E-state index contributed by atoms with van der Waals surface area (Å²) in [4.78, 5) is 4.62. The summed E-state index contributed by atoms with van der Waals surface area (Å²) >= 11 is 5.24. The van der Waals surface area contributed by atoms with Gasteiger partial charge in [-0.2, -0.15) is 0 Å². The minimum Gasteiger partial charge on any atom is -0.327 e. The summed E-state index contributed by atoms with van der Waals surface area (Å²) in [6.07, 6.45) is 3.54. The van der Waals surface area contributed by atoms with Crippen molar-refractivity contribution >= 4 is 37.5 Å². The number of hydrogen-bond acceptors (Lipinski definition) is 3. The average molecular weight is 297 g/mol. The molecule has 1 aliphatic carbocycles. The first-order chi connectivity index (χ1) is 7.72. The van der Waals surface area contributed by atoms with Gasteiger partial charge in [0.25, 0.3) is 0 Å². The summed E-state index contributed by atoms with van der Waals surface area (Å²) < 4.78 is 2.36. The maximum Gasteiger partial charge on any atom is 0.0954 e. The van der Waals surface area contributed by atoms with Crippen LogP contribution in [0.3, 0.4) is 0 Å². The molecule has 0 amide bonds. The number of nitrogens with zero attached hydrogens (tertiary/aromatic N) is 1. The first kappa shape index (κ1) is 10.7. The van der Waals surface area contributed by atoms with Gasteiger partial charge in [-0.15, -0.1) is 11.3 Å². The van der Waals surface area contributed by atoms with Crippen molar-refractivity contribution in [1.82, 2.24) is 4.98 Å². The Kier molecular flexibility index (Phi) is 2.73. The van der Waals surface area contributed by atoms with Crippen LogP contribution < -0.4 is 5.73 Å². The van der Waals surface area contributed by atoms with E-state index in [1.807, 2.05) is 6.07 Å². The normalized spacial score (nSPS) is 17.9. The number of hydrogen-bond donors (Lipinski definition) is 1. The largest absolute Gasteiger partial charge is 0.327 e. The molecule has 1 saturated carbocycles. The van der Waals surface area contributed by atoms with Crippen molar-refractivity contribution in [2.75, 3.05) is 0 Å². The fraction of sp³-hybridized carbons (Fsp3) is 0.417. The van der Waals surface area contributed by atoms with Gasteiger partial charge in [0.05, 0.1) is 15.2 Å². The second kappa shape index (κ2) is 4.09. The zero-order valence-electron chi connectivity index (χ0n) is 8.82. The summed E-state index contributed by atoms with van der Waals surface area (Å²) in [6, 6.07) is 6.53. The van der Waals surface area contributed by atoms with Gasteiger partial charge in [0.2, 0.25) is 0 Å². The Morgan fingerprint density at radius 1 is 1.50 bits per heavy atom. The molecule has 4 heteroatoms. The van der Waals surface area contributed by atoms with Crippen LogP contribution in [-0.4, -0.2) is 11.0 Å². The maximum atomic E-state index is 6.12. The summed E-state index contributed by atoms with van der Waals surface area (Å²) in [7, 11) is 0. The van der Waals surface area contributed by atoms with E-state index in [0.717, 1.165) is 22.3 Å². The van der Waals surface area contributed by atoms with E-state index in [-0.39, 0.29) is 0 Å². The van der Waals surface area contributed by atoms with Crippen LogP contribution >= 0.6 is 27.3 Å². The molecule has 84 valence electrons. The molecule has 3 rings (SSSR count). The fourth-order valence-corrected chi connectivity index (χ4v) is 3.52. The zero-order valence-corrected chi connectivity index (χ0v) is 11.2. The molecule has 0 spiro atoms. The van der Waals surface area contributed by atoms with Crippen LogP contribution in [0.2, 0.25) is 0 Å². The van der Waals surface area contributed by atoms with Crippen molar-refractivity contribution < 1.29 is 0 Å². The first-order valence-corrected chi connectivity index (χ1v) is 7.14. The number of benzene rings is 1. The van der Waals surface area contributed by atoms with E-state index in [2.05, 4.69) is 33.0 Å². The van der Waals surface area contributed by atoms with Gasteiger partial charge in [-0.3, -0.25) is 0 Å². The van der Waals surface area contributed by atoms with E-state index in [9.17, 15) is 0 Å². The van der Waals surface area contributed by atoms with E-state index in [1.54, 1.807) is 11.3 Å². The Hall–Kier alpha value is -0.450. The molecule has 1 atom stereocenters. The van der Waals surface area contributed by atoms with E-state index in [4.69, 9.17) is 5.73 Å². The van der Waals surface area contributed by atoms with Crippen molar-refractivity contribution in [1.29, 1.82) is 0 Å². The molecule has 1 fully saturated rings. The van der Waals surface area contributed by atoms with E-state index < -0.39 is 0 Å². The van der Waals surface area contributed by atoms with Gasteiger partial charge in [0.1, 0.15) is 0 Å². The smallest absolute Gasteiger partial charge is 0.0954 e. The van der Waals surface area contributed by atoms with Crippen LogP contribution in [0.25, 0.3) is 10.2 Å². The molecule has 16 heavy (non-hydrogen) atoms. The molecule has 0 radical (unpaired) electrons. The molecule has 0 aliphatic heterocycles. The highest BCUT2D eigenvalue weighted by Crippen LogP contribution is 2.34. The third-order valence-corrected chi connectivity index (χ3v) is 4.57. The van der Waals surface area contributed by atoms with Crippen LogP contribution in [-0.2, 0) is 6.42 Å². The number of aromatic nitrogens is 1. The van der Waals surface area contributed by atoms with E-state index >= 15 is 0 Å². The Morgan fingerprint density at radius 3 is 3.06 bits per heavy atom. The third-order valence-electron chi connectivity index (χ3n) is 3.03. The van der Waals surface area contributed by atoms with Crippen LogP contribution in [0.15, 0.2) is 22.7 Å². The van der Waals surface area contributed by atoms with Gasteiger partial charge in [-0.25, -0.2) is 4.98 Å². The SMILES string of the molecule is NC(Cc1nc2ccc(Br)cc2s1)C1CC1. The van der Waals surface area contributed by atoms with Crippen molar-refractivity contribution in [2.45, 2.75) is 25.3 Å². The van der Waals surface area contributed by atoms with Gasteiger partial charge in [0, 0.05) is 16.9 Å². The maximum absolute atomic E-state index is 6.12. The second-order valence-electron chi connectivity index (χ2n) is 4.43. The van der Waals surface area contributed by atoms with Crippen molar-refractivity contribution in [2.24, 2.45) is 11.7 Å². The minimum atomic E-state index is 0.309. The predicted molar refractivity (Wildman–Crippen MR) is 71.7 cm³/mol. The predicted octanol–water partition coefficient (Wildman–Crippen LogP) is 3.34. The Labute approximate surface area is 107 Å². The standard InChI is InChI=1S/C12H13BrN2S/c13-8-3-4-10-11(5-8)16-12(15-10)6-9(14)7-1-2-7/h3-5,7,9H,1-2,6,14H2. The Bertz CT molecular complexity index is 519. The molecule has 1 heterocycles. The molecule has 1 aromatic heterocycles. The van der Waals surface area contributed by atoms with Crippen LogP contribution in [0.4, 0.5) is 0 Å². The first-order valence-electron chi connectivity index (χ1n) is 5.53. The summed E-state index contributed by atoms with van der Waals surface area (Å²) in [5.41, 5.74) is 7.21. The van der Waals surface area contributed by atoms with Gasteiger partial charge in [-0.05, 0) is 37.0 Å². The molecular weight excluding hydrogens is 284 g/mol. The lowest BCUT2D eigenvalue weighted by Gasteiger charge is -2.06. The second-order valence-corrected chi connectivity index (χ2v) is 6.46. The van der Waals surface area contributed by atoms with Crippen LogP contribution in [0.5, 0.6) is 0 Å². The van der Waals surface area contributed by atoms with Crippen molar-refractivity contribution in [3.63, 3.8) is 0 Å². The van der Waals surface area contributed by atoms with Gasteiger partial charge >= 0.3 is 0 Å². The van der Waals surface area contributed by atoms with Crippen molar-refractivity contribution in [3.8, 4) is 0 Å². The summed E-state index contributed by atoms with van der Waals surface area (Å²) in [6.45, 7) is 0. The molecular formula is C12H13BrN2S. The number of nitrogens with two attached hydrogens (primary N) is 1. The summed E-state index contributed by atoms with van der Waals surface area (Å²) in [5, 5.41) is 1.17. The summed E-state index contributed by atoms with van der Waals surface area (Å²) in [5.74, 6) is 0.749. The highest BCUT2D eigenvalue weighted by molar-refractivity contribution is 9.10. The van der Waals surface area contributed by atoms with E-state index in [0.29, 0.717) is 6.04 Å². The highest BCUT2D eigenvalue weighted by Gasteiger charge is 2.29. The number of rotatable bonds is 3. The number of thiazole rings is 1. The molecule has 0 bridgehead atoms. The minimum absolute atomic E-state index is 0.309. The topological polar surface area (TPSA) is 38.9 Å². The van der Waals surface area contributed by atoms with Crippen LogP contribution in [0, 0.1) is 5.92 Å². The van der Waals surface area contributed by atoms with Crippen LogP contribution in [0.1, 0.15) is 17.8 Å². The molecule has 1 unspecified atom stereocenters. The number of fused-ring (bicyclic) bond motifs is 1. The van der Waals surface area contributed by atoms with Gasteiger partial charge < -0.3 is 5.73 Å². The third kappa shape index (κ3) is 2.14. The quantitative estimate of drug-likeness (QED) is 0.943. The van der Waals surface area contributed by atoms with Crippen molar-refractivity contribution in [3.05, 3.63) is 27.7 Å². The Balaban J connectivity index is 1.86. The Morgan fingerprint density at radius 2 is 2.31 bits per heavy atom. The zero-order chi connectivity index (χ0) is 11.1. The average Bonchev–Trinajstić information content (AvgIpc) is 3.00. The number of halogens is 1. The lowest BCUT2D eigenvalue weighted by Crippen LogP contribution is -2.24. The molecule has 1 aliphatic rings. The molecule has 0 saturated heterocycles.